The Kier molecular flexibility index (Phi) is 7.79. The van der Waals surface area contributed by atoms with Crippen LogP contribution in [0.4, 0.5) is 9.52 Å². The van der Waals surface area contributed by atoms with Gasteiger partial charge in [0.2, 0.25) is 5.13 Å². The second-order valence-electron chi connectivity index (χ2n) is 12.7. The van der Waals surface area contributed by atoms with Crippen LogP contribution in [-0.2, 0) is 11.3 Å². The van der Waals surface area contributed by atoms with E-state index < -0.39 is 11.8 Å². The summed E-state index contributed by atoms with van der Waals surface area (Å²) in [5.41, 5.74) is 2.76. The number of fused-ring (bicyclic) bond motifs is 1. The zero-order valence-electron chi connectivity index (χ0n) is 23.3. The number of aromatic nitrogens is 2. The normalized spacial score (nSPS) is 20.8. The Morgan fingerprint density at radius 3 is 2.67 bits per heavy atom. The Labute approximate surface area is 238 Å². The summed E-state index contributed by atoms with van der Waals surface area (Å²) in [4.78, 5) is 20.1. The van der Waals surface area contributed by atoms with Gasteiger partial charge >= 0.3 is 5.97 Å². The maximum absolute atomic E-state index is 14.4. The van der Waals surface area contributed by atoms with Crippen LogP contribution in [0.5, 0.6) is 0 Å². The summed E-state index contributed by atoms with van der Waals surface area (Å²) in [6, 6.07) is 2.45. The minimum atomic E-state index is -1.16. The van der Waals surface area contributed by atoms with Gasteiger partial charge in [0.15, 0.2) is 5.82 Å². The number of aliphatic imine (C=N–C) groups is 1. The molecule has 0 amide bonds. The maximum atomic E-state index is 14.4. The molecule has 1 aromatic carbocycles. The van der Waals surface area contributed by atoms with E-state index in [1.165, 1.54) is 55.1 Å². The summed E-state index contributed by atoms with van der Waals surface area (Å²) in [6.45, 7) is 5.23. The highest BCUT2D eigenvalue weighted by atomic mass is 32.1. The van der Waals surface area contributed by atoms with E-state index in [0.717, 1.165) is 49.6 Å². The number of ether oxygens (including phenoxy) is 1. The van der Waals surface area contributed by atoms with Crippen LogP contribution in [-0.4, -0.2) is 33.5 Å². The van der Waals surface area contributed by atoms with E-state index in [9.17, 15) is 14.3 Å². The molecule has 40 heavy (non-hydrogen) atoms. The number of carbonyl (C=O) groups is 1. The van der Waals surface area contributed by atoms with Crippen LogP contribution in [0.25, 0.3) is 10.2 Å². The lowest BCUT2D eigenvalue weighted by molar-refractivity contribution is 0.0194. The van der Waals surface area contributed by atoms with Gasteiger partial charge in [-0.1, -0.05) is 49.6 Å². The van der Waals surface area contributed by atoms with Crippen molar-refractivity contribution >= 4 is 38.9 Å². The number of hydrogen-bond donors (Lipinski definition) is 1. The van der Waals surface area contributed by atoms with Gasteiger partial charge < -0.3 is 14.4 Å². The predicted molar refractivity (Wildman–Crippen MR) is 153 cm³/mol. The van der Waals surface area contributed by atoms with E-state index in [1.54, 1.807) is 0 Å². The lowest BCUT2D eigenvalue weighted by Crippen LogP contribution is -2.23. The minimum absolute atomic E-state index is 0.0128. The highest BCUT2D eigenvalue weighted by molar-refractivity contribution is 7.22. The summed E-state index contributed by atoms with van der Waals surface area (Å²) in [7, 11) is 0. The quantitative estimate of drug-likeness (QED) is 0.233. The molecule has 1 atom stereocenters. The fourth-order valence-electron chi connectivity index (χ4n) is 6.08. The van der Waals surface area contributed by atoms with Crippen molar-refractivity contribution in [3.05, 3.63) is 40.5 Å². The largest absolute Gasteiger partial charge is 0.478 e. The van der Waals surface area contributed by atoms with Crippen LogP contribution < -0.4 is 0 Å². The molecule has 214 valence electrons. The van der Waals surface area contributed by atoms with Crippen molar-refractivity contribution in [1.82, 2.24) is 10.1 Å². The van der Waals surface area contributed by atoms with Crippen LogP contribution in [0.15, 0.2) is 21.6 Å². The molecule has 0 radical (unpaired) electrons. The van der Waals surface area contributed by atoms with Crippen LogP contribution in [0.1, 0.15) is 124 Å². The minimum Gasteiger partial charge on any atom is -0.478 e. The topological polar surface area (TPSA) is 97.8 Å². The number of nitrogens with zero attached hydrogens (tertiary/aromatic N) is 3. The smallest absolute Gasteiger partial charge is 0.335 e. The van der Waals surface area contributed by atoms with Gasteiger partial charge in [0.25, 0.3) is 0 Å². The predicted octanol–water partition coefficient (Wildman–Crippen LogP) is 8.55. The number of thiazole rings is 1. The zero-order valence-corrected chi connectivity index (χ0v) is 24.1. The second kappa shape index (κ2) is 11.3. The van der Waals surface area contributed by atoms with Gasteiger partial charge in [0, 0.05) is 30.0 Å². The summed E-state index contributed by atoms with van der Waals surface area (Å²) in [5, 5.41) is 14.2. The van der Waals surface area contributed by atoms with Crippen molar-refractivity contribution in [2.75, 3.05) is 0 Å². The van der Waals surface area contributed by atoms with Crippen molar-refractivity contribution in [2.24, 2.45) is 16.3 Å². The summed E-state index contributed by atoms with van der Waals surface area (Å²) in [6.07, 6.45) is 14.2. The van der Waals surface area contributed by atoms with Crippen LogP contribution >= 0.6 is 11.3 Å². The van der Waals surface area contributed by atoms with E-state index in [4.69, 9.17) is 9.26 Å². The Morgan fingerprint density at radius 2 is 2.00 bits per heavy atom. The van der Waals surface area contributed by atoms with Gasteiger partial charge in [-0.2, -0.15) is 0 Å². The summed E-state index contributed by atoms with van der Waals surface area (Å²) in [5.74, 6) is 0.825. The molecule has 1 N–H and O–H groups in total. The Balaban J connectivity index is 1.15. The lowest BCUT2D eigenvalue weighted by atomic mass is 9.72. The molecule has 0 aliphatic heterocycles. The molecule has 2 aromatic heterocycles. The third kappa shape index (κ3) is 6.15. The molecule has 0 bridgehead atoms. The van der Waals surface area contributed by atoms with Gasteiger partial charge in [-0.15, -0.1) is 0 Å². The van der Waals surface area contributed by atoms with E-state index in [0.29, 0.717) is 46.0 Å². The molecule has 3 fully saturated rings. The first-order valence-corrected chi connectivity index (χ1v) is 15.5. The van der Waals surface area contributed by atoms with Crippen molar-refractivity contribution in [3.8, 4) is 0 Å². The average molecular weight is 568 g/mol. The van der Waals surface area contributed by atoms with Crippen LogP contribution in [0, 0.1) is 17.2 Å². The molecular formula is C31H38FN3O4S. The number of benzene rings is 1. The van der Waals surface area contributed by atoms with Gasteiger partial charge in [0.1, 0.15) is 11.3 Å². The Morgan fingerprint density at radius 1 is 1.23 bits per heavy atom. The third-order valence-electron chi connectivity index (χ3n) is 9.06. The highest BCUT2D eigenvalue weighted by Gasteiger charge is 2.36. The number of carboxylic acids is 1. The molecule has 9 heteroatoms. The van der Waals surface area contributed by atoms with Crippen molar-refractivity contribution < 1.29 is 23.6 Å². The molecule has 7 nitrogen and oxygen atoms in total. The van der Waals surface area contributed by atoms with Crippen molar-refractivity contribution in [3.63, 3.8) is 0 Å². The van der Waals surface area contributed by atoms with Crippen molar-refractivity contribution in [2.45, 2.75) is 109 Å². The Hall–Kier alpha value is -2.65. The fourth-order valence-corrected chi connectivity index (χ4v) is 6.96. The monoisotopic (exact) mass is 567 g/mol. The molecular weight excluding hydrogens is 529 g/mol. The maximum Gasteiger partial charge on any atom is 0.335 e. The highest BCUT2D eigenvalue weighted by Crippen LogP contribution is 2.47. The second-order valence-corrected chi connectivity index (χ2v) is 13.8. The number of halogens is 1. The SMILES string of the molecule is CC1(C)CCC(c2noc(C3CC3)c2COC(CC=Nc2nc3c(F)cc(C(=O)O)cc3s2)CC2CCC2)CC1. The number of hydrogen-bond acceptors (Lipinski definition) is 7. The first-order chi connectivity index (χ1) is 19.3. The number of rotatable bonds is 11. The van der Waals surface area contributed by atoms with Gasteiger partial charge in [-0.3, -0.25) is 0 Å². The lowest BCUT2D eigenvalue weighted by Gasteiger charge is -2.34. The van der Waals surface area contributed by atoms with Gasteiger partial charge in [-0.25, -0.2) is 19.2 Å². The number of aromatic carboxylic acids is 1. The molecule has 0 spiro atoms. The molecule has 3 aliphatic rings. The molecule has 0 saturated heterocycles. The van der Waals surface area contributed by atoms with Gasteiger partial charge in [-0.05, 0) is 68.4 Å². The van der Waals surface area contributed by atoms with E-state index >= 15 is 0 Å². The molecule has 6 rings (SSSR count). The van der Waals surface area contributed by atoms with E-state index in [-0.39, 0.29) is 17.2 Å². The average Bonchev–Trinajstić information content (AvgIpc) is 3.51. The van der Waals surface area contributed by atoms with Crippen LogP contribution in [0.2, 0.25) is 0 Å². The van der Waals surface area contributed by atoms with Crippen molar-refractivity contribution in [1.29, 1.82) is 0 Å². The molecule has 3 saturated carbocycles. The van der Waals surface area contributed by atoms with E-state index in [1.807, 2.05) is 6.21 Å². The first-order valence-electron chi connectivity index (χ1n) is 14.7. The summed E-state index contributed by atoms with van der Waals surface area (Å²) < 4.78 is 27.4. The molecule has 2 heterocycles. The standard InChI is InChI=1S/C31H38FN3O4S/c1-31(2)11-8-19(9-12-31)26-23(28(39-35-26)20-6-7-20)17-38-22(14-18-4-3-5-18)10-13-33-30-34-27-24(32)15-21(29(36)37)16-25(27)40-30/h13,15-16,18-20,22H,3-12,14,17H2,1-2H3,(H,36,37). The molecule has 3 aromatic rings. The first kappa shape index (κ1) is 27.5. The van der Waals surface area contributed by atoms with E-state index in [2.05, 4.69) is 29.0 Å². The Bertz CT molecular complexity index is 1390. The van der Waals surface area contributed by atoms with Crippen LogP contribution in [0.3, 0.4) is 0 Å². The third-order valence-corrected chi connectivity index (χ3v) is 9.97. The zero-order chi connectivity index (χ0) is 27.9. The van der Waals surface area contributed by atoms with Gasteiger partial charge in [0.05, 0.1) is 28.7 Å². The molecule has 3 aliphatic carbocycles. The fraction of sp³-hybridized carbons (Fsp3) is 0.613. The summed E-state index contributed by atoms with van der Waals surface area (Å²) >= 11 is 1.19. The number of carboxylic acid groups (broad SMARTS) is 1. The molecule has 1 unspecified atom stereocenters.